The second kappa shape index (κ2) is 6.19. The van der Waals surface area contributed by atoms with Crippen molar-refractivity contribution in [3.05, 3.63) is 65.5 Å². The smallest absolute Gasteiger partial charge is 0.346 e. The van der Waals surface area contributed by atoms with Gasteiger partial charge in [0, 0.05) is 6.42 Å². The fourth-order valence-electron chi connectivity index (χ4n) is 1.88. The van der Waals surface area contributed by atoms with Gasteiger partial charge in [-0.15, -0.1) is 13.2 Å². The van der Waals surface area contributed by atoms with Gasteiger partial charge in [0.25, 0.3) is 0 Å². The highest BCUT2D eigenvalue weighted by molar-refractivity contribution is 5.83. The Labute approximate surface area is 116 Å². The molecule has 0 radical (unpaired) electrons. The minimum atomic E-state index is -0.703. The van der Waals surface area contributed by atoms with Crippen LogP contribution in [0.15, 0.2) is 52.7 Å². The molecule has 4 heteroatoms. The van der Waals surface area contributed by atoms with Crippen molar-refractivity contribution in [2.75, 3.05) is 6.61 Å². The Morgan fingerprint density at radius 1 is 1.30 bits per heavy atom. The maximum absolute atomic E-state index is 14.2. The lowest BCUT2D eigenvalue weighted by Gasteiger charge is -2.08. The maximum Gasteiger partial charge on any atom is 0.346 e. The van der Waals surface area contributed by atoms with Gasteiger partial charge in [-0.2, -0.15) is 0 Å². The van der Waals surface area contributed by atoms with E-state index in [1.807, 2.05) is 0 Å². The number of halogens is 1. The Hall–Kier alpha value is -2.36. The average molecular weight is 274 g/mol. The van der Waals surface area contributed by atoms with Crippen molar-refractivity contribution < 1.29 is 13.5 Å². The summed E-state index contributed by atoms with van der Waals surface area (Å²) in [6.07, 6.45) is 4.32. The highest BCUT2D eigenvalue weighted by Gasteiger charge is 2.14. The summed E-state index contributed by atoms with van der Waals surface area (Å²) >= 11 is 0. The van der Waals surface area contributed by atoms with Gasteiger partial charge >= 0.3 is 5.63 Å². The molecule has 1 heterocycles. The second-order valence-electron chi connectivity index (χ2n) is 4.26. The molecule has 0 unspecified atom stereocenters. The SMILES string of the molecule is C=CCCOc1ccc2cc(CC=C)oc(=O)c2c1F. The van der Waals surface area contributed by atoms with Gasteiger partial charge in [-0.25, -0.2) is 9.18 Å². The molecule has 2 aromatic rings. The number of fused-ring (bicyclic) bond motifs is 1. The van der Waals surface area contributed by atoms with E-state index in [1.165, 1.54) is 6.07 Å². The molecule has 0 aliphatic rings. The zero-order valence-corrected chi connectivity index (χ0v) is 11.0. The van der Waals surface area contributed by atoms with E-state index in [4.69, 9.17) is 9.15 Å². The summed E-state index contributed by atoms with van der Waals surface area (Å²) in [6, 6.07) is 4.79. The van der Waals surface area contributed by atoms with Gasteiger partial charge in [0.2, 0.25) is 0 Å². The topological polar surface area (TPSA) is 39.4 Å². The minimum Gasteiger partial charge on any atom is -0.490 e. The van der Waals surface area contributed by atoms with E-state index in [0.29, 0.717) is 30.6 Å². The highest BCUT2D eigenvalue weighted by atomic mass is 19.1. The third-order valence-corrected chi connectivity index (χ3v) is 2.81. The molecule has 2 rings (SSSR count). The first-order chi connectivity index (χ1) is 9.67. The lowest BCUT2D eigenvalue weighted by Crippen LogP contribution is -2.06. The first-order valence-electron chi connectivity index (χ1n) is 6.27. The minimum absolute atomic E-state index is 0.0446. The van der Waals surface area contributed by atoms with Gasteiger partial charge in [0.05, 0.1) is 6.61 Å². The number of allylic oxidation sites excluding steroid dienone is 1. The van der Waals surface area contributed by atoms with Crippen LogP contribution in [0.2, 0.25) is 0 Å². The van der Waals surface area contributed by atoms with Crippen LogP contribution < -0.4 is 10.4 Å². The first kappa shape index (κ1) is 14.1. The van der Waals surface area contributed by atoms with Crippen molar-refractivity contribution >= 4 is 10.8 Å². The molecule has 0 aliphatic heterocycles. The van der Waals surface area contributed by atoms with Crippen LogP contribution in [-0.4, -0.2) is 6.61 Å². The number of ether oxygens (including phenoxy) is 1. The summed E-state index contributed by atoms with van der Waals surface area (Å²) in [5.74, 6) is -0.189. The molecular weight excluding hydrogens is 259 g/mol. The van der Waals surface area contributed by atoms with Crippen LogP contribution in [0.5, 0.6) is 5.75 Å². The Morgan fingerprint density at radius 3 is 2.80 bits per heavy atom. The summed E-state index contributed by atoms with van der Waals surface area (Å²) in [7, 11) is 0. The van der Waals surface area contributed by atoms with Crippen LogP contribution in [-0.2, 0) is 6.42 Å². The lowest BCUT2D eigenvalue weighted by atomic mass is 10.1. The molecule has 0 amide bonds. The molecule has 0 saturated carbocycles. The van der Waals surface area contributed by atoms with Crippen LogP contribution >= 0.6 is 0 Å². The van der Waals surface area contributed by atoms with Gasteiger partial charge in [-0.1, -0.05) is 18.2 Å². The van der Waals surface area contributed by atoms with Crippen molar-refractivity contribution in [3.8, 4) is 5.75 Å². The molecule has 3 nitrogen and oxygen atoms in total. The number of hydrogen-bond donors (Lipinski definition) is 0. The van der Waals surface area contributed by atoms with E-state index < -0.39 is 11.4 Å². The standard InChI is InChI=1S/C16H15FO3/c1-3-5-9-19-13-8-7-11-10-12(6-4-2)20-16(18)14(11)15(13)17/h3-4,7-8,10H,1-2,5-6,9H2. The van der Waals surface area contributed by atoms with Crippen molar-refractivity contribution in [2.24, 2.45) is 0 Å². The molecule has 1 aromatic carbocycles. The fraction of sp³-hybridized carbons (Fsp3) is 0.188. The molecule has 0 atom stereocenters. The maximum atomic E-state index is 14.2. The third kappa shape index (κ3) is 2.79. The van der Waals surface area contributed by atoms with Crippen LogP contribution in [0.1, 0.15) is 12.2 Å². The molecule has 20 heavy (non-hydrogen) atoms. The molecule has 0 fully saturated rings. The van der Waals surface area contributed by atoms with Gasteiger partial charge < -0.3 is 9.15 Å². The fourth-order valence-corrected chi connectivity index (χ4v) is 1.88. The first-order valence-corrected chi connectivity index (χ1v) is 6.27. The van der Waals surface area contributed by atoms with Gasteiger partial charge in [0.15, 0.2) is 11.6 Å². The Kier molecular flexibility index (Phi) is 4.35. The van der Waals surface area contributed by atoms with Crippen molar-refractivity contribution in [1.82, 2.24) is 0 Å². The third-order valence-electron chi connectivity index (χ3n) is 2.81. The number of benzene rings is 1. The molecule has 0 N–H and O–H groups in total. The summed E-state index contributed by atoms with van der Waals surface area (Å²) in [6.45, 7) is 7.44. The Balaban J connectivity index is 2.47. The predicted octanol–water partition coefficient (Wildman–Crippen LogP) is 3.62. The summed E-state index contributed by atoms with van der Waals surface area (Å²) < 4.78 is 24.6. The Bertz CT molecular complexity index is 701. The van der Waals surface area contributed by atoms with E-state index in [1.54, 1.807) is 24.3 Å². The summed E-state index contributed by atoms with van der Waals surface area (Å²) in [4.78, 5) is 11.9. The van der Waals surface area contributed by atoms with Crippen molar-refractivity contribution in [3.63, 3.8) is 0 Å². The lowest BCUT2D eigenvalue weighted by molar-refractivity contribution is 0.309. The molecule has 0 bridgehead atoms. The molecule has 0 spiro atoms. The zero-order chi connectivity index (χ0) is 14.5. The van der Waals surface area contributed by atoms with Crippen LogP contribution in [0.25, 0.3) is 10.8 Å². The largest absolute Gasteiger partial charge is 0.490 e. The van der Waals surface area contributed by atoms with Crippen LogP contribution in [0.3, 0.4) is 0 Å². The quantitative estimate of drug-likeness (QED) is 0.596. The van der Waals surface area contributed by atoms with Gasteiger partial charge in [-0.05, 0) is 23.9 Å². The molecule has 0 aliphatic carbocycles. The van der Waals surface area contributed by atoms with Gasteiger partial charge in [-0.3, -0.25) is 0 Å². The van der Waals surface area contributed by atoms with Crippen LogP contribution in [0, 0.1) is 5.82 Å². The predicted molar refractivity (Wildman–Crippen MR) is 76.7 cm³/mol. The summed E-state index contributed by atoms with van der Waals surface area (Å²) in [5.41, 5.74) is -0.703. The van der Waals surface area contributed by atoms with E-state index in [-0.39, 0.29) is 11.1 Å². The Morgan fingerprint density at radius 2 is 2.10 bits per heavy atom. The molecule has 0 saturated heterocycles. The monoisotopic (exact) mass is 274 g/mol. The van der Waals surface area contributed by atoms with Crippen LogP contribution in [0.4, 0.5) is 4.39 Å². The van der Waals surface area contributed by atoms with E-state index in [2.05, 4.69) is 13.2 Å². The molecular formula is C16H15FO3. The van der Waals surface area contributed by atoms with Crippen molar-refractivity contribution in [2.45, 2.75) is 12.8 Å². The highest BCUT2D eigenvalue weighted by Crippen LogP contribution is 2.25. The normalized spacial score (nSPS) is 10.4. The molecule has 1 aromatic heterocycles. The zero-order valence-electron chi connectivity index (χ0n) is 11.0. The summed E-state index contributed by atoms with van der Waals surface area (Å²) in [5, 5.41) is 0.403. The van der Waals surface area contributed by atoms with Crippen molar-refractivity contribution in [1.29, 1.82) is 0 Å². The number of rotatable bonds is 6. The molecule has 104 valence electrons. The van der Waals surface area contributed by atoms with E-state index >= 15 is 0 Å². The second-order valence-corrected chi connectivity index (χ2v) is 4.26. The number of hydrogen-bond acceptors (Lipinski definition) is 3. The van der Waals surface area contributed by atoms with Gasteiger partial charge in [0.1, 0.15) is 11.1 Å². The van der Waals surface area contributed by atoms with E-state index in [9.17, 15) is 9.18 Å². The average Bonchev–Trinajstić information content (AvgIpc) is 2.41. The van der Waals surface area contributed by atoms with E-state index in [0.717, 1.165) is 0 Å².